The van der Waals surface area contributed by atoms with Gasteiger partial charge in [-0.25, -0.2) is 4.79 Å². The molecule has 0 radical (unpaired) electrons. The maximum Gasteiger partial charge on any atom is 0.332 e. The quantitative estimate of drug-likeness (QED) is 0.688. The average molecular weight is 186 g/mol. The zero-order valence-corrected chi connectivity index (χ0v) is 7.91. The van der Waals surface area contributed by atoms with Gasteiger partial charge in [0, 0.05) is 0 Å². The number of carboxylic acids is 1. The molecule has 0 heterocycles. The van der Waals surface area contributed by atoms with Crippen LogP contribution in [0, 0.1) is 5.92 Å². The third-order valence-corrected chi connectivity index (χ3v) is 2.85. The minimum Gasteiger partial charge on any atom is -0.479 e. The fourth-order valence-corrected chi connectivity index (χ4v) is 2.02. The number of carboxylic acid groups (broad SMARTS) is 1. The van der Waals surface area contributed by atoms with Gasteiger partial charge < -0.3 is 10.2 Å². The van der Waals surface area contributed by atoms with Crippen LogP contribution < -0.4 is 0 Å². The van der Waals surface area contributed by atoms with E-state index in [-0.39, 0.29) is 0 Å². The summed E-state index contributed by atoms with van der Waals surface area (Å²) >= 11 is 0. The van der Waals surface area contributed by atoms with Crippen LogP contribution in [-0.4, -0.2) is 22.3 Å². The summed E-state index contributed by atoms with van der Waals surface area (Å²) in [5.74, 6) is -0.299. The highest BCUT2D eigenvalue weighted by molar-refractivity contribution is 5.71. The number of aliphatic hydroxyl groups excluding tert-OH is 1. The molecule has 1 fully saturated rings. The molecule has 1 unspecified atom stereocenters. The molecule has 1 aliphatic carbocycles. The van der Waals surface area contributed by atoms with Crippen LogP contribution in [0.2, 0.25) is 0 Å². The maximum atomic E-state index is 10.3. The van der Waals surface area contributed by atoms with E-state index in [9.17, 15) is 4.79 Å². The maximum absolute atomic E-state index is 10.3. The van der Waals surface area contributed by atoms with E-state index in [1.54, 1.807) is 0 Å². The number of aliphatic carboxylic acids is 1. The van der Waals surface area contributed by atoms with Crippen LogP contribution in [0.4, 0.5) is 0 Å². The number of hydrogen-bond acceptors (Lipinski definition) is 2. The highest BCUT2D eigenvalue weighted by atomic mass is 16.4. The van der Waals surface area contributed by atoms with Crippen LogP contribution in [0.1, 0.15) is 44.9 Å². The zero-order valence-electron chi connectivity index (χ0n) is 7.91. The third-order valence-electron chi connectivity index (χ3n) is 2.85. The molecule has 3 heteroatoms. The number of carbonyl (C=O) groups is 1. The molecule has 0 aliphatic heterocycles. The molecule has 3 nitrogen and oxygen atoms in total. The molecule has 1 rings (SSSR count). The topological polar surface area (TPSA) is 57.5 Å². The number of aliphatic hydroxyl groups is 1. The van der Waals surface area contributed by atoms with Gasteiger partial charge in [-0.2, -0.15) is 0 Å². The highest BCUT2D eigenvalue weighted by Crippen LogP contribution is 2.29. The number of rotatable bonds is 5. The van der Waals surface area contributed by atoms with E-state index >= 15 is 0 Å². The minimum absolute atomic E-state index is 0.409. The Labute approximate surface area is 78.8 Å². The Bertz CT molecular complexity index is 162. The van der Waals surface area contributed by atoms with Crippen LogP contribution in [0.5, 0.6) is 0 Å². The first-order valence-corrected chi connectivity index (χ1v) is 5.11. The molecule has 0 aromatic rings. The van der Waals surface area contributed by atoms with E-state index in [0.29, 0.717) is 6.42 Å². The summed E-state index contributed by atoms with van der Waals surface area (Å²) in [7, 11) is 0. The molecule has 76 valence electrons. The summed E-state index contributed by atoms with van der Waals surface area (Å²) in [6.07, 6.45) is 6.43. The lowest BCUT2D eigenvalue weighted by Gasteiger charge is -2.09. The summed E-state index contributed by atoms with van der Waals surface area (Å²) in [5, 5.41) is 17.4. The molecule has 1 atom stereocenters. The van der Waals surface area contributed by atoms with Crippen LogP contribution in [0.3, 0.4) is 0 Å². The predicted octanol–water partition coefficient (Wildman–Crippen LogP) is 1.79. The predicted molar refractivity (Wildman–Crippen MR) is 49.5 cm³/mol. The van der Waals surface area contributed by atoms with Gasteiger partial charge in [-0.15, -0.1) is 0 Å². The second kappa shape index (κ2) is 5.22. The average Bonchev–Trinajstić information content (AvgIpc) is 2.56. The highest BCUT2D eigenvalue weighted by Gasteiger charge is 2.17. The van der Waals surface area contributed by atoms with E-state index < -0.39 is 12.1 Å². The Kier molecular flexibility index (Phi) is 4.22. The molecule has 0 aromatic heterocycles. The van der Waals surface area contributed by atoms with Crippen molar-refractivity contribution in [1.29, 1.82) is 0 Å². The van der Waals surface area contributed by atoms with Crippen LogP contribution in [0.15, 0.2) is 0 Å². The van der Waals surface area contributed by atoms with Gasteiger partial charge in [0.2, 0.25) is 0 Å². The van der Waals surface area contributed by atoms with E-state index in [1.807, 2.05) is 0 Å². The molecular weight excluding hydrogens is 168 g/mol. The fraction of sp³-hybridized carbons (Fsp3) is 0.900. The Morgan fingerprint density at radius 3 is 2.54 bits per heavy atom. The van der Waals surface area contributed by atoms with Gasteiger partial charge in [0.05, 0.1) is 0 Å². The summed E-state index contributed by atoms with van der Waals surface area (Å²) < 4.78 is 0. The summed E-state index contributed by atoms with van der Waals surface area (Å²) in [6, 6.07) is 0. The molecule has 1 saturated carbocycles. The van der Waals surface area contributed by atoms with Gasteiger partial charge in [0.15, 0.2) is 6.10 Å². The van der Waals surface area contributed by atoms with Crippen LogP contribution in [0.25, 0.3) is 0 Å². The second-order valence-corrected chi connectivity index (χ2v) is 3.94. The lowest BCUT2D eigenvalue weighted by molar-refractivity contribution is -0.147. The van der Waals surface area contributed by atoms with Gasteiger partial charge in [-0.3, -0.25) is 0 Å². The standard InChI is InChI=1S/C10H18O3/c11-9(10(12)13)7-3-6-8-4-1-2-5-8/h8-9,11H,1-7H2,(H,12,13). The summed E-state index contributed by atoms with van der Waals surface area (Å²) in [4.78, 5) is 10.3. The van der Waals surface area contributed by atoms with E-state index in [2.05, 4.69) is 0 Å². The molecule has 0 spiro atoms. The van der Waals surface area contributed by atoms with Gasteiger partial charge >= 0.3 is 5.97 Å². The molecule has 0 aromatic carbocycles. The van der Waals surface area contributed by atoms with Gasteiger partial charge in [0.25, 0.3) is 0 Å². The largest absolute Gasteiger partial charge is 0.479 e. The summed E-state index contributed by atoms with van der Waals surface area (Å²) in [6.45, 7) is 0. The van der Waals surface area contributed by atoms with Crippen molar-refractivity contribution in [1.82, 2.24) is 0 Å². The van der Waals surface area contributed by atoms with Crippen molar-refractivity contribution >= 4 is 5.97 Å². The second-order valence-electron chi connectivity index (χ2n) is 3.94. The lowest BCUT2D eigenvalue weighted by atomic mass is 9.99. The number of hydrogen-bond donors (Lipinski definition) is 2. The first kappa shape index (κ1) is 10.5. The van der Waals surface area contributed by atoms with Crippen LogP contribution in [-0.2, 0) is 4.79 Å². The molecule has 0 saturated heterocycles. The minimum atomic E-state index is -1.15. The Balaban J connectivity index is 2.02. The SMILES string of the molecule is O=C(O)C(O)CCCC1CCCC1. The van der Waals surface area contributed by atoms with Gasteiger partial charge in [-0.05, 0) is 18.8 Å². The van der Waals surface area contributed by atoms with E-state index in [4.69, 9.17) is 10.2 Å². The first-order valence-electron chi connectivity index (χ1n) is 5.11. The Hall–Kier alpha value is -0.570. The molecule has 1 aliphatic rings. The fourth-order valence-electron chi connectivity index (χ4n) is 2.02. The third kappa shape index (κ3) is 3.77. The molecular formula is C10H18O3. The lowest BCUT2D eigenvalue weighted by Crippen LogP contribution is -2.19. The van der Waals surface area contributed by atoms with Gasteiger partial charge in [-0.1, -0.05) is 32.1 Å². The molecule has 2 N–H and O–H groups in total. The van der Waals surface area contributed by atoms with Crippen molar-refractivity contribution in [2.45, 2.75) is 51.0 Å². The van der Waals surface area contributed by atoms with Crippen molar-refractivity contribution in [2.75, 3.05) is 0 Å². The van der Waals surface area contributed by atoms with Crippen molar-refractivity contribution in [3.63, 3.8) is 0 Å². The molecule has 13 heavy (non-hydrogen) atoms. The smallest absolute Gasteiger partial charge is 0.332 e. The van der Waals surface area contributed by atoms with E-state index in [0.717, 1.165) is 18.8 Å². The first-order chi connectivity index (χ1) is 6.20. The van der Waals surface area contributed by atoms with Crippen molar-refractivity contribution in [3.05, 3.63) is 0 Å². The monoisotopic (exact) mass is 186 g/mol. The molecule has 0 bridgehead atoms. The van der Waals surface area contributed by atoms with Crippen molar-refractivity contribution in [3.8, 4) is 0 Å². The van der Waals surface area contributed by atoms with Gasteiger partial charge in [0.1, 0.15) is 0 Å². The van der Waals surface area contributed by atoms with Crippen molar-refractivity contribution in [2.24, 2.45) is 5.92 Å². The molecule has 0 amide bonds. The van der Waals surface area contributed by atoms with E-state index in [1.165, 1.54) is 25.7 Å². The summed E-state index contributed by atoms with van der Waals surface area (Å²) in [5.41, 5.74) is 0. The normalized spacial score (nSPS) is 20.4. The van der Waals surface area contributed by atoms with Crippen molar-refractivity contribution < 1.29 is 15.0 Å². The zero-order chi connectivity index (χ0) is 9.68. The van der Waals surface area contributed by atoms with Crippen LogP contribution >= 0.6 is 0 Å². The Morgan fingerprint density at radius 1 is 1.38 bits per heavy atom. The Morgan fingerprint density at radius 2 is 2.00 bits per heavy atom.